The number of ether oxygens (including phenoxy) is 1. The van der Waals surface area contributed by atoms with Gasteiger partial charge in [0, 0.05) is 31.4 Å². The molecule has 29 heavy (non-hydrogen) atoms. The molecule has 1 aromatic rings. The minimum Gasteiger partial charge on any atom is -0.491 e. The Balaban J connectivity index is 1.78. The SMILES string of the molecule is CC(C)=CCN1CCC(NC(=O)CS(=O)(=O)Nc2ccc(OC(C)C)cc2)CC1. The lowest BCUT2D eigenvalue weighted by atomic mass is 10.0. The number of piperidine rings is 1. The standard InChI is InChI=1S/C21H33N3O4S/c1-16(2)9-12-24-13-10-18(11-14-24)22-21(25)15-29(26,27)23-19-5-7-20(8-6-19)28-17(3)4/h5-9,17-18,23H,10-15H2,1-4H3,(H,22,25). The number of allylic oxidation sites excluding steroid dienone is 1. The summed E-state index contributed by atoms with van der Waals surface area (Å²) in [7, 11) is -3.77. The Bertz CT molecular complexity index is 792. The molecule has 0 atom stereocenters. The fraction of sp³-hybridized carbons (Fsp3) is 0.571. The molecule has 8 heteroatoms. The molecule has 0 saturated carbocycles. The van der Waals surface area contributed by atoms with Crippen LogP contribution in [0.2, 0.25) is 0 Å². The van der Waals surface area contributed by atoms with Crippen LogP contribution in [0.1, 0.15) is 40.5 Å². The highest BCUT2D eigenvalue weighted by Crippen LogP contribution is 2.18. The maximum atomic E-state index is 12.3. The minimum absolute atomic E-state index is 0.0214. The zero-order valence-corrected chi connectivity index (χ0v) is 18.6. The molecule has 1 aliphatic heterocycles. The van der Waals surface area contributed by atoms with Crippen LogP contribution in [-0.2, 0) is 14.8 Å². The van der Waals surface area contributed by atoms with Crippen molar-refractivity contribution < 1.29 is 17.9 Å². The Morgan fingerprint density at radius 1 is 1.21 bits per heavy atom. The number of sulfonamides is 1. The van der Waals surface area contributed by atoms with E-state index in [4.69, 9.17) is 4.74 Å². The lowest BCUT2D eigenvalue weighted by Crippen LogP contribution is -2.46. The van der Waals surface area contributed by atoms with Crippen molar-refractivity contribution in [3.63, 3.8) is 0 Å². The fourth-order valence-electron chi connectivity index (χ4n) is 3.10. The highest BCUT2D eigenvalue weighted by atomic mass is 32.2. The first-order valence-electron chi connectivity index (χ1n) is 10.1. The van der Waals surface area contributed by atoms with Crippen LogP contribution in [-0.4, -0.2) is 56.8 Å². The van der Waals surface area contributed by atoms with Crippen LogP contribution >= 0.6 is 0 Å². The Labute approximate surface area is 174 Å². The minimum atomic E-state index is -3.77. The molecule has 162 valence electrons. The maximum absolute atomic E-state index is 12.3. The van der Waals surface area contributed by atoms with Crippen LogP contribution < -0.4 is 14.8 Å². The summed E-state index contributed by atoms with van der Waals surface area (Å²) < 4.78 is 32.6. The van der Waals surface area contributed by atoms with Gasteiger partial charge in [-0.25, -0.2) is 8.42 Å². The fourth-order valence-corrected chi connectivity index (χ4v) is 4.10. The number of nitrogens with zero attached hydrogens (tertiary/aromatic N) is 1. The lowest BCUT2D eigenvalue weighted by molar-refractivity contribution is -0.119. The average molecular weight is 424 g/mol. The smallest absolute Gasteiger partial charge is 0.241 e. The zero-order valence-electron chi connectivity index (χ0n) is 17.8. The molecule has 7 nitrogen and oxygen atoms in total. The van der Waals surface area contributed by atoms with E-state index in [0.717, 1.165) is 32.5 Å². The third kappa shape index (κ3) is 8.87. The van der Waals surface area contributed by atoms with E-state index in [1.165, 1.54) is 5.57 Å². The Hall–Kier alpha value is -2.06. The summed E-state index contributed by atoms with van der Waals surface area (Å²) in [6.07, 6.45) is 3.89. The molecule has 0 unspecified atom stereocenters. The first-order chi connectivity index (χ1) is 13.6. The molecule has 0 aliphatic carbocycles. The summed E-state index contributed by atoms with van der Waals surface area (Å²) in [5, 5.41) is 2.86. The summed E-state index contributed by atoms with van der Waals surface area (Å²) in [6.45, 7) is 10.7. The summed E-state index contributed by atoms with van der Waals surface area (Å²) in [5.41, 5.74) is 1.70. The number of amides is 1. The van der Waals surface area contributed by atoms with Crippen molar-refractivity contribution in [1.29, 1.82) is 0 Å². The van der Waals surface area contributed by atoms with E-state index in [-0.39, 0.29) is 12.1 Å². The van der Waals surface area contributed by atoms with Gasteiger partial charge in [-0.05, 0) is 64.8 Å². The van der Waals surface area contributed by atoms with E-state index < -0.39 is 21.7 Å². The van der Waals surface area contributed by atoms with Gasteiger partial charge in [0.25, 0.3) is 0 Å². The Morgan fingerprint density at radius 2 is 1.83 bits per heavy atom. The molecule has 1 fully saturated rings. The second-order valence-electron chi connectivity index (χ2n) is 7.98. The van der Waals surface area contributed by atoms with Gasteiger partial charge in [0.05, 0.1) is 6.10 Å². The molecule has 2 N–H and O–H groups in total. The highest BCUT2D eigenvalue weighted by molar-refractivity contribution is 7.93. The second kappa shape index (κ2) is 10.6. The van der Waals surface area contributed by atoms with Gasteiger partial charge in [-0.3, -0.25) is 14.4 Å². The quantitative estimate of drug-likeness (QED) is 0.597. The van der Waals surface area contributed by atoms with Gasteiger partial charge >= 0.3 is 0 Å². The molecule has 2 rings (SSSR count). The second-order valence-corrected chi connectivity index (χ2v) is 9.70. The molecule has 0 aromatic heterocycles. The number of hydrogen-bond acceptors (Lipinski definition) is 5. The molecule has 1 aliphatic rings. The molecule has 0 radical (unpaired) electrons. The normalized spacial score (nSPS) is 15.8. The number of carbonyl (C=O) groups is 1. The number of benzene rings is 1. The molecular formula is C21H33N3O4S. The molecule has 1 aromatic carbocycles. The van der Waals surface area contributed by atoms with E-state index in [0.29, 0.717) is 11.4 Å². The van der Waals surface area contributed by atoms with Crippen LogP contribution in [0.25, 0.3) is 0 Å². The number of hydrogen-bond donors (Lipinski definition) is 2. The van der Waals surface area contributed by atoms with Crippen LogP contribution in [0.4, 0.5) is 5.69 Å². The molecule has 0 bridgehead atoms. The van der Waals surface area contributed by atoms with Gasteiger partial charge in [-0.1, -0.05) is 11.6 Å². The summed E-state index contributed by atoms with van der Waals surface area (Å²) in [6, 6.07) is 6.65. The number of likely N-dealkylation sites (tertiary alicyclic amines) is 1. The van der Waals surface area contributed by atoms with Crippen LogP contribution in [0.15, 0.2) is 35.9 Å². The van der Waals surface area contributed by atoms with Crippen molar-refractivity contribution >= 4 is 21.6 Å². The van der Waals surface area contributed by atoms with Gasteiger partial charge in [-0.2, -0.15) is 0 Å². The van der Waals surface area contributed by atoms with Gasteiger partial charge in [-0.15, -0.1) is 0 Å². The van der Waals surface area contributed by atoms with Gasteiger partial charge in [0.15, 0.2) is 0 Å². The monoisotopic (exact) mass is 423 g/mol. The van der Waals surface area contributed by atoms with Crippen molar-refractivity contribution in [3.8, 4) is 5.75 Å². The lowest BCUT2D eigenvalue weighted by Gasteiger charge is -2.31. The average Bonchev–Trinajstić information content (AvgIpc) is 2.61. The Morgan fingerprint density at radius 3 is 2.38 bits per heavy atom. The van der Waals surface area contributed by atoms with E-state index in [2.05, 4.69) is 34.9 Å². The third-order valence-corrected chi connectivity index (χ3v) is 5.72. The summed E-state index contributed by atoms with van der Waals surface area (Å²) in [5.74, 6) is -0.397. The van der Waals surface area contributed by atoms with Crippen molar-refractivity contribution in [2.75, 3.05) is 30.1 Å². The van der Waals surface area contributed by atoms with Crippen molar-refractivity contribution in [1.82, 2.24) is 10.2 Å². The number of carbonyl (C=O) groups excluding carboxylic acids is 1. The largest absolute Gasteiger partial charge is 0.491 e. The van der Waals surface area contributed by atoms with Gasteiger partial charge < -0.3 is 10.1 Å². The predicted molar refractivity (Wildman–Crippen MR) is 117 cm³/mol. The topological polar surface area (TPSA) is 87.7 Å². The summed E-state index contributed by atoms with van der Waals surface area (Å²) >= 11 is 0. The first kappa shape index (κ1) is 23.2. The van der Waals surface area contributed by atoms with Gasteiger partial charge in [0.2, 0.25) is 15.9 Å². The molecular weight excluding hydrogens is 390 g/mol. The molecule has 1 heterocycles. The molecule has 1 amide bonds. The van der Waals surface area contributed by atoms with Crippen LogP contribution in [0, 0.1) is 0 Å². The van der Waals surface area contributed by atoms with E-state index in [1.807, 2.05) is 13.8 Å². The number of nitrogens with one attached hydrogen (secondary N) is 2. The van der Waals surface area contributed by atoms with Gasteiger partial charge in [0.1, 0.15) is 11.5 Å². The number of rotatable bonds is 9. The molecule has 0 spiro atoms. The van der Waals surface area contributed by atoms with E-state index >= 15 is 0 Å². The van der Waals surface area contributed by atoms with Crippen LogP contribution in [0.5, 0.6) is 5.75 Å². The van der Waals surface area contributed by atoms with Crippen LogP contribution in [0.3, 0.4) is 0 Å². The summed E-state index contributed by atoms with van der Waals surface area (Å²) in [4.78, 5) is 14.5. The first-order valence-corrected chi connectivity index (χ1v) is 11.7. The maximum Gasteiger partial charge on any atom is 0.241 e. The predicted octanol–water partition coefficient (Wildman–Crippen LogP) is 2.76. The molecule has 1 saturated heterocycles. The van der Waals surface area contributed by atoms with Crippen molar-refractivity contribution in [3.05, 3.63) is 35.9 Å². The third-order valence-electron chi connectivity index (χ3n) is 4.53. The highest BCUT2D eigenvalue weighted by Gasteiger charge is 2.23. The van der Waals surface area contributed by atoms with Crippen molar-refractivity contribution in [2.45, 2.75) is 52.7 Å². The Kier molecular flexibility index (Phi) is 8.52. The van der Waals surface area contributed by atoms with Crippen molar-refractivity contribution in [2.24, 2.45) is 0 Å². The van der Waals surface area contributed by atoms with E-state index in [9.17, 15) is 13.2 Å². The zero-order chi connectivity index (χ0) is 21.4. The number of anilines is 1. The van der Waals surface area contributed by atoms with E-state index in [1.54, 1.807) is 24.3 Å².